The third-order valence-corrected chi connectivity index (χ3v) is 4.54. The Morgan fingerprint density at radius 3 is 2.57 bits per heavy atom. The molecule has 142 valence electrons. The van der Waals surface area contributed by atoms with Crippen molar-refractivity contribution in [1.82, 2.24) is 40.4 Å². The van der Waals surface area contributed by atoms with Crippen molar-refractivity contribution in [3.05, 3.63) is 59.8 Å². The summed E-state index contributed by atoms with van der Waals surface area (Å²) in [7, 11) is 0. The number of aromatic nitrogens is 8. The largest absolute Gasteiger partial charge is 0.256 e. The number of aryl methyl sites for hydroxylation is 2. The molecule has 0 spiro atoms. The Hall–Kier alpha value is -3.42. The van der Waals surface area contributed by atoms with Gasteiger partial charge in [-0.1, -0.05) is 44.2 Å². The Morgan fingerprint density at radius 2 is 1.89 bits per heavy atom. The molecule has 0 aliphatic heterocycles. The molecule has 4 aromatic rings. The summed E-state index contributed by atoms with van der Waals surface area (Å²) < 4.78 is 1.99. The first-order valence-electron chi connectivity index (χ1n) is 9.49. The van der Waals surface area contributed by atoms with Crippen molar-refractivity contribution in [2.45, 2.75) is 39.7 Å². The normalized spacial score (nSPS) is 11.1. The lowest BCUT2D eigenvalue weighted by molar-refractivity contribution is 0.624. The van der Waals surface area contributed by atoms with Crippen molar-refractivity contribution in [1.29, 1.82) is 0 Å². The molecular formula is C20H22N8. The zero-order chi connectivity index (χ0) is 19.3. The lowest BCUT2D eigenvalue weighted by Crippen LogP contribution is -2.07. The van der Waals surface area contributed by atoms with Gasteiger partial charge in [-0.05, 0) is 28.5 Å². The van der Waals surface area contributed by atoms with Gasteiger partial charge in [0.25, 0.3) is 0 Å². The number of rotatable bonds is 7. The molecule has 0 amide bonds. The second kappa shape index (κ2) is 8.08. The van der Waals surface area contributed by atoms with E-state index in [0.29, 0.717) is 12.4 Å². The molecule has 1 aromatic carbocycles. The summed E-state index contributed by atoms with van der Waals surface area (Å²) >= 11 is 0. The predicted molar refractivity (Wildman–Crippen MR) is 105 cm³/mol. The molecule has 3 aromatic heterocycles. The molecular weight excluding hydrogens is 352 g/mol. The summed E-state index contributed by atoms with van der Waals surface area (Å²) in [6, 6.07) is 12.0. The van der Waals surface area contributed by atoms with Crippen LogP contribution in [0.25, 0.3) is 22.6 Å². The van der Waals surface area contributed by atoms with Crippen LogP contribution in [0.5, 0.6) is 0 Å². The first-order valence-corrected chi connectivity index (χ1v) is 9.49. The molecule has 1 N–H and O–H groups in total. The number of benzene rings is 1. The molecule has 0 saturated heterocycles. The van der Waals surface area contributed by atoms with Crippen LogP contribution >= 0.6 is 0 Å². The van der Waals surface area contributed by atoms with Crippen LogP contribution in [0, 0.1) is 0 Å². The second-order valence-electron chi connectivity index (χ2n) is 6.55. The fourth-order valence-electron chi connectivity index (χ4n) is 3.15. The molecule has 3 heterocycles. The smallest absolute Gasteiger partial charge is 0.180 e. The zero-order valence-electron chi connectivity index (χ0n) is 16.0. The second-order valence-corrected chi connectivity index (χ2v) is 6.55. The van der Waals surface area contributed by atoms with Crippen LogP contribution in [-0.4, -0.2) is 40.4 Å². The fraction of sp³-hybridized carbons (Fsp3) is 0.300. The van der Waals surface area contributed by atoms with E-state index >= 15 is 0 Å². The average molecular weight is 374 g/mol. The molecule has 0 bridgehead atoms. The van der Waals surface area contributed by atoms with Crippen molar-refractivity contribution in [2.24, 2.45) is 0 Å². The van der Waals surface area contributed by atoms with Gasteiger partial charge in [-0.25, -0.2) is 14.8 Å². The van der Waals surface area contributed by atoms with Gasteiger partial charge in [-0.3, -0.25) is 4.98 Å². The number of nitrogens with one attached hydrogen (secondary N) is 1. The minimum Gasteiger partial charge on any atom is -0.256 e. The molecule has 0 aliphatic carbocycles. The third-order valence-electron chi connectivity index (χ3n) is 4.54. The lowest BCUT2D eigenvalue weighted by Gasteiger charge is -2.08. The van der Waals surface area contributed by atoms with Crippen molar-refractivity contribution in [2.75, 3.05) is 0 Å². The first kappa shape index (κ1) is 18.0. The Kier molecular flexibility index (Phi) is 5.18. The van der Waals surface area contributed by atoms with E-state index in [9.17, 15) is 0 Å². The minimum absolute atomic E-state index is 0.625. The molecule has 4 rings (SSSR count). The number of hydrogen-bond donors (Lipinski definition) is 1. The Balaban J connectivity index is 1.60. The Labute approximate surface area is 163 Å². The zero-order valence-corrected chi connectivity index (χ0v) is 16.0. The van der Waals surface area contributed by atoms with E-state index in [4.69, 9.17) is 0 Å². The van der Waals surface area contributed by atoms with Crippen LogP contribution in [0.15, 0.2) is 42.6 Å². The van der Waals surface area contributed by atoms with E-state index in [1.54, 1.807) is 0 Å². The van der Waals surface area contributed by atoms with Crippen molar-refractivity contribution >= 4 is 0 Å². The average Bonchev–Trinajstić information content (AvgIpc) is 3.39. The van der Waals surface area contributed by atoms with Crippen LogP contribution in [0.3, 0.4) is 0 Å². The van der Waals surface area contributed by atoms with E-state index in [-0.39, 0.29) is 0 Å². The lowest BCUT2D eigenvalue weighted by atomic mass is 10.0. The van der Waals surface area contributed by atoms with Crippen molar-refractivity contribution < 1.29 is 0 Å². The van der Waals surface area contributed by atoms with Gasteiger partial charge in [-0.2, -0.15) is 5.10 Å². The standard InChI is InChI=1S/C20H22N8/c1-3-7-19-22-18(4-2)25-28(19)13-14-10-11-17(21-12-14)15-8-5-6-9-16(15)20-23-26-27-24-20/h5-6,8-12H,3-4,7,13H2,1-2H3,(H,23,24,26,27). The van der Waals surface area contributed by atoms with Crippen LogP contribution in [0.2, 0.25) is 0 Å². The topological polar surface area (TPSA) is 98.1 Å². The fourth-order valence-corrected chi connectivity index (χ4v) is 3.15. The maximum atomic E-state index is 4.67. The third kappa shape index (κ3) is 3.66. The molecule has 0 fully saturated rings. The quantitative estimate of drug-likeness (QED) is 0.534. The Morgan fingerprint density at radius 1 is 1.04 bits per heavy atom. The van der Waals surface area contributed by atoms with E-state index in [0.717, 1.165) is 53.3 Å². The number of hydrogen-bond acceptors (Lipinski definition) is 6. The van der Waals surface area contributed by atoms with Crippen LogP contribution in [0.1, 0.15) is 37.5 Å². The molecule has 28 heavy (non-hydrogen) atoms. The monoisotopic (exact) mass is 374 g/mol. The summed E-state index contributed by atoms with van der Waals surface area (Å²) in [4.78, 5) is 9.30. The molecule has 0 unspecified atom stereocenters. The maximum Gasteiger partial charge on any atom is 0.180 e. The molecule has 0 radical (unpaired) electrons. The molecule has 8 nitrogen and oxygen atoms in total. The summed E-state index contributed by atoms with van der Waals surface area (Å²) in [5, 5.41) is 18.8. The van der Waals surface area contributed by atoms with Gasteiger partial charge in [0.1, 0.15) is 5.82 Å². The first-order chi connectivity index (χ1) is 13.8. The van der Waals surface area contributed by atoms with Gasteiger partial charge in [0.15, 0.2) is 11.6 Å². The highest BCUT2D eigenvalue weighted by Crippen LogP contribution is 2.28. The van der Waals surface area contributed by atoms with Crippen LogP contribution in [-0.2, 0) is 19.4 Å². The van der Waals surface area contributed by atoms with E-state index < -0.39 is 0 Å². The summed E-state index contributed by atoms with van der Waals surface area (Å²) in [6.07, 6.45) is 4.71. The molecule has 0 atom stereocenters. The van der Waals surface area contributed by atoms with E-state index in [2.05, 4.69) is 55.6 Å². The van der Waals surface area contributed by atoms with E-state index in [1.165, 1.54) is 0 Å². The number of pyridine rings is 1. The van der Waals surface area contributed by atoms with Gasteiger partial charge in [0.05, 0.1) is 12.2 Å². The van der Waals surface area contributed by atoms with Crippen molar-refractivity contribution in [3.63, 3.8) is 0 Å². The predicted octanol–water partition coefficient (Wildman–Crippen LogP) is 3.08. The van der Waals surface area contributed by atoms with Gasteiger partial charge in [-0.15, -0.1) is 5.10 Å². The van der Waals surface area contributed by atoms with Gasteiger partial charge in [0.2, 0.25) is 0 Å². The number of nitrogens with zero attached hydrogens (tertiary/aromatic N) is 7. The highest BCUT2D eigenvalue weighted by atomic mass is 15.5. The van der Waals surface area contributed by atoms with Gasteiger partial charge >= 0.3 is 0 Å². The Bertz CT molecular complexity index is 1030. The SMILES string of the molecule is CCCc1nc(CC)nn1Cc1ccc(-c2ccccc2-c2nnn[nH]2)nc1. The van der Waals surface area contributed by atoms with Crippen LogP contribution in [0.4, 0.5) is 0 Å². The highest BCUT2D eigenvalue weighted by Gasteiger charge is 2.12. The summed E-state index contributed by atoms with van der Waals surface area (Å²) in [6.45, 7) is 4.90. The summed E-state index contributed by atoms with van der Waals surface area (Å²) in [5.74, 6) is 2.55. The number of H-pyrrole nitrogens is 1. The molecule has 8 heteroatoms. The molecule has 0 saturated carbocycles. The van der Waals surface area contributed by atoms with Crippen LogP contribution < -0.4 is 0 Å². The number of tetrazole rings is 1. The van der Waals surface area contributed by atoms with Gasteiger partial charge in [0, 0.05) is 30.2 Å². The number of aromatic amines is 1. The minimum atomic E-state index is 0.625. The van der Waals surface area contributed by atoms with Gasteiger partial charge < -0.3 is 0 Å². The van der Waals surface area contributed by atoms with E-state index in [1.807, 2.05) is 41.2 Å². The van der Waals surface area contributed by atoms with Crippen molar-refractivity contribution in [3.8, 4) is 22.6 Å². The summed E-state index contributed by atoms with van der Waals surface area (Å²) in [5.41, 5.74) is 3.86. The highest BCUT2D eigenvalue weighted by molar-refractivity contribution is 5.78. The molecule has 0 aliphatic rings. The maximum absolute atomic E-state index is 4.67.